The Morgan fingerprint density at radius 2 is 1.89 bits per heavy atom. The Morgan fingerprint density at radius 1 is 1.00 bits per heavy atom. The molecule has 0 unspecified atom stereocenters. The first-order chi connectivity index (χ1) is 9.42. The molecule has 94 valence electrons. The monoisotopic (exact) mass is 250 g/mol. The fourth-order valence-electron chi connectivity index (χ4n) is 1.93. The van der Waals surface area contributed by atoms with Crippen LogP contribution in [0.4, 0.5) is 0 Å². The molecule has 3 aromatic rings. The number of nitrogens with zero attached hydrogens (tertiary/aromatic N) is 1. The van der Waals surface area contributed by atoms with Crippen molar-refractivity contribution >= 4 is 0 Å². The fraction of sp³-hybridized carbons (Fsp3) is 0.0625. The summed E-state index contributed by atoms with van der Waals surface area (Å²) in [6.07, 6.45) is 3.50. The number of hydrogen-bond acceptors (Lipinski definition) is 2. The number of hydrogen-bond donors (Lipinski definition) is 1. The van der Waals surface area contributed by atoms with Crippen LogP contribution in [0.5, 0.6) is 5.75 Å². The first kappa shape index (κ1) is 11.5. The summed E-state index contributed by atoms with van der Waals surface area (Å²) in [6.45, 7) is 0.561. The quantitative estimate of drug-likeness (QED) is 0.767. The molecule has 19 heavy (non-hydrogen) atoms. The van der Waals surface area contributed by atoms with Crippen LogP contribution in [0.2, 0.25) is 0 Å². The lowest BCUT2D eigenvalue weighted by molar-refractivity contribution is 0.306. The first-order valence-electron chi connectivity index (χ1n) is 6.17. The van der Waals surface area contributed by atoms with Gasteiger partial charge in [0, 0.05) is 0 Å². The Labute approximate surface area is 111 Å². The molecule has 0 saturated carbocycles. The van der Waals surface area contributed by atoms with E-state index in [2.05, 4.69) is 28.2 Å². The van der Waals surface area contributed by atoms with Crippen LogP contribution >= 0.6 is 0 Å². The molecule has 3 nitrogen and oxygen atoms in total. The number of nitrogens with one attached hydrogen (secondary N) is 1. The molecule has 0 aliphatic heterocycles. The van der Waals surface area contributed by atoms with E-state index in [1.165, 1.54) is 0 Å². The number of para-hydroxylation sites is 1. The Morgan fingerprint density at radius 3 is 2.68 bits per heavy atom. The zero-order valence-electron chi connectivity index (χ0n) is 10.4. The highest BCUT2D eigenvalue weighted by atomic mass is 16.5. The van der Waals surface area contributed by atoms with Crippen molar-refractivity contribution in [3.8, 4) is 17.0 Å². The molecular formula is C16H14N2O. The average Bonchev–Trinajstić information content (AvgIpc) is 3.01. The molecule has 0 spiro atoms. The third-order valence-corrected chi connectivity index (χ3v) is 2.88. The van der Waals surface area contributed by atoms with Gasteiger partial charge in [-0.2, -0.15) is 0 Å². The Bertz CT molecular complexity index is 633. The van der Waals surface area contributed by atoms with Crippen LogP contribution in [0.25, 0.3) is 11.3 Å². The minimum Gasteiger partial charge on any atom is -0.489 e. The summed E-state index contributed by atoms with van der Waals surface area (Å²) in [5.74, 6) is 0.884. The van der Waals surface area contributed by atoms with E-state index in [0.717, 1.165) is 22.6 Å². The first-order valence-corrected chi connectivity index (χ1v) is 6.17. The third kappa shape index (κ3) is 2.83. The summed E-state index contributed by atoms with van der Waals surface area (Å²) in [4.78, 5) is 7.14. The molecule has 2 aromatic carbocycles. The van der Waals surface area contributed by atoms with Crippen molar-refractivity contribution in [1.82, 2.24) is 9.97 Å². The maximum atomic E-state index is 5.74. The Kier molecular flexibility index (Phi) is 3.28. The second-order valence-electron chi connectivity index (χ2n) is 4.27. The molecule has 3 heteroatoms. The van der Waals surface area contributed by atoms with Crippen molar-refractivity contribution in [3.05, 3.63) is 72.7 Å². The topological polar surface area (TPSA) is 37.9 Å². The fourth-order valence-corrected chi connectivity index (χ4v) is 1.93. The predicted octanol–water partition coefficient (Wildman–Crippen LogP) is 3.66. The maximum absolute atomic E-state index is 5.74. The summed E-state index contributed by atoms with van der Waals surface area (Å²) in [7, 11) is 0. The van der Waals surface area contributed by atoms with Gasteiger partial charge in [-0.15, -0.1) is 0 Å². The number of aromatic amines is 1. The Hall–Kier alpha value is -2.55. The number of benzene rings is 2. The van der Waals surface area contributed by atoms with Gasteiger partial charge in [-0.25, -0.2) is 4.98 Å². The summed E-state index contributed by atoms with van der Waals surface area (Å²) >= 11 is 0. The highest BCUT2D eigenvalue weighted by Gasteiger charge is 2.01. The van der Waals surface area contributed by atoms with E-state index < -0.39 is 0 Å². The van der Waals surface area contributed by atoms with E-state index in [9.17, 15) is 0 Å². The number of aromatic nitrogens is 2. The molecule has 1 aromatic heterocycles. The van der Waals surface area contributed by atoms with Crippen molar-refractivity contribution in [2.24, 2.45) is 0 Å². The second-order valence-corrected chi connectivity index (χ2v) is 4.27. The SMILES string of the molecule is c1ccc(OCc2cccc(-c3cnc[nH]3)c2)cc1. The minimum atomic E-state index is 0.561. The lowest BCUT2D eigenvalue weighted by Crippen LogP contribution is -1.95. The predicted molar refractivity (Wildman–Crippen MR) is 74.8 cm³/mol. The highest BCUT2D eigenvalue weighted by Crippen LogP contribution is 2.18. The van der Waals surface area contributed by atoms with E-state index in [1.807, 2.05) is 42.6 Å². The average molecular weight is 250 g/mol. The van der Waals surface area contributed by atoms with E-state index in [4.69, 9.17) is 4.74 Å². The summed E-state index contributed by atoms with van der Waals surface area (Å²) in [6, 6.07) is 18.1. The molecule has 1 heterocycles. The molecular weight excluding hydrogens is 236 g/mol. The number of H-pyrrole nitrogens is 1. The molecule has 0 aliphatic rings. The smallest absolute Gasteiger partial charge is 0.119 e. The van der Waals surface area contributed by atoms with Crippen LogP contribution in [0.15, 0.2) is 67.1 Å². The van der Waals surface area contributed by atoms with Crippen LogP contribution in [0.3, 0.4) is 0 Å². The van der Waals surface area contributed by atoms with Crippen LogP contribution in [-0.4, -0.2) is 9.97 Å². The molecule has 3 rings (SSSR count). The molecule has 0 radical (unpaired) electrons. The maximum Gasteiger partial charge on any atom is 0.119 e. The van der Waals surface area contributed by atoms with Gasteiger partial charge in [-0.05, 0) is 29.3 Å². The van der Waals surface area contributed by atoms with Gasteiger partial charge in [0.15, 0.2) is 0 Å². The normalized spacial score (nSPS) is 10.3. The minimum absolute atomic E-state index is 0.561. The molecule has 0 bridgehead atoms. The van der Waals surface area contributed by atoms with Crippen molar-refractivity contribution in [2.75, 3.05) is 0 Å². The van der Waals surface area contributed by atoms with Gasteiger partial charge in [0.2, 0.25) is 0 Å². The highest BCUT2D eigenvalue weighted by molar-refractivity contribution is 5.58. The standard InChI is InChI=1S/C16H14N2O/c1-2-7-15(8-3-1)19-11-13-5-4-6-14(9-13)16-10-17-12-18-16/h1-10,12H,11H2,(H,17,18). The van der Waals surface area contributed by atoms with Crippen molar-refractivity contribution in [1.29, 1.82) is 0 Å². The van der Waals surface area contributed by atoms with Crippen LogP contribution in [0, 0.1) is 0 Å². The largest absolute Gasteiger partial charge is 0.489 e. The van der Waals surface area contributed by atoms with E-state index in [1.54, 1.807) is 6.33 Å². The van der Waals surface area contributed by atoms with Crippen molar-refractivity contribution in [3.63, 3.8) is 0 Å². The van der Waals surface area contributed by atoms with Gasteiger partial charge in [0.25, 0.3) is 0 Å². The van der Waals surface area contributed by atoms with Crippen molar-refractivity contribution in [2.45, 2.75) is 6.61 Å². The lowest BCUT2D eigenvalue weighted by Gasteiger charge is -2.07. The summed E-state index contributed by atoms with van der Waals surface area (Å²) in [5, 5.41) is 0. The van der Waals surface area contributed by atoms with Crippen molar-refractivity contribution < 1.29 is 4.74 Å². The lowest BCUT2D eigenvalue weighted by atomic mass is 10.1. The van der Waals surface area contributed by atoms with Gasteiger partial charge in [-0.1, -0.05) is 36.4 Å². The number of imidazole rings is 1. The zero-order chi connectivity index (χ0) is 12.9. The summed E-state index contributed by atoms with van der Waals surface area (Å²) in [5.41, 5.74) is 3.27. The van der Waals surface area contributed by atoms with Gasteiger partial charge in [0.1, 0.15) is 12.4 Å². The van der Waals surface area contributed by atoms with Gasteiger partial charge < -0.3 is 9.72 Å². The molecule has 0 atom stereocenters. The van der Waals surface area contributed by atoms with Crippen LogP contribution in [0.1, 0.15) is 5.56 Å². The molecule has 0 fully saturated rings. The van der Waals surface area contributed by atoms with E-state index in [-0.39, 0.29) is 0 Å². The van der Waals surface area contributed by atoms with E-state index in [0.29, 0.717) is 6.61 Å². The molecule has 0 aliphatic carbocycles. The van der Waals surface area contributed by atoms with E-state index >= 15 is 0 Å². The number of ether oxygens (including phenoxy) is 1. The van der Waals surface area contributed by atoms with Gasteiger partial charge >= 0.3 is 0 Å². The van der Waals surface area contributed by atoms with Crippen LogP contribution < -0.4 is 4.74 Å². The Balaban J connectivity index is 1.74. The van der Waals surface area contributed by atoms with Gasteiger partial charge in [-0.3, -0.25) is 0 Å². The third-order valence-electron chi connectivity index (χ3n) is 2.88. The molecule has 1 N–H and O–H groups in total. The van der Waals surface area contributed by atoms with Gasteiger partial charge in [0.05, 0.1) is 18.2 Å². The molecule has 0 saturated heterocycles. The molecule has 0 amide bonds. The summed E-state index contributed by atoms with van der Waals surface area (Å²) < 4.78 is 5.74. The zero-order valence-corrected chi connectivity index (χ0v) is 10.4. The number of rotatable bonds is 4. The van der Waals surface area contributed by atoms with Crippen LogP contribution in [-0.2, 0) is 6.61 Å². The second kappa shape index (κ2) is 5.40.